The second kappa shape index (κ2) is 5.48. The fraction of sp³-hybridized carbons (Fsp3) is 0.500. The molecule has 21 heavy (non-hydrogen) atoms. The van der Waals surface area contributed by atoms with Crippen LogP contribution in [-0.4, -0.2) is 38.6 Å². The molecule has 0 unspecified atom stereocenters. The van der Waals surface area contributed by atoms with E-state index in [4.69, 9.17) is 0 Å². The van der Waals surface area contributed by atoms with Crippen molar-refractivity contribution in [3.8, 4) is 0 Å². The van der Waals surface area contributed by atoms with Crippen molar-refractivity contribution in [3.63, 3.8) is 0 Å². The minimum absolute atomic E-state index is 0.0256. The summed E-state index contributed by atoms with van der Waals surface area (Å²) >= 11 is 0. The van der Waals surface area contributed by atoms with E-state index >= 15 is 0 Å². The van der Waals surface area contributed by atoms with Crippen molar-refractivity contribution in [2.45, 2.75) is 39.8 Å². The summed E-state index contributed by atoms with van der Waals surface area (Å²) in [7, 11) is 0. The summed E-state index contributed by atoms with van der Waals surface area (Å²) in [6.45, 7) is 6.98. The van der Waals surface area contributed by atoms with Crippen molar-refractivity contribution in [2.24, 2.45) is 0 Å². The molecule has 1 fully saturated rings. The van der Waals surface area contributed by atoms with Crippen LogP contribution in [0.5, 0.6) is 0 Å². The number of imidazole rings is 1. The Morgan fingerprint density at radius 2 is 1.90 bits per heavy atom. The lowest BCUT2D eigenvalue weighted by Gasteiger charge is -2.15. The maximum absolute atomic E-state index is 11.2. The lowest BCUT2D eigenvalue weighted by molar-refractivity contribution is -0.137. The number of fused-ring (bicyclic) bond motifs is 1. The summed E-state index contributed by atoms with van der Waals surface area (Å²) in [4.78, 5) is 18.2. The number of nitrogens with zero attached hydrogens (tertiary/aromatic N) is 3. The topological polar surface area (TPSA) is 58.4 Å². The lowest BCUT2D eigenvalue weighted by atomic mass is 10.1. The molecule has 1 aromatic heterocycles. The Morgan fingerprint density at radius 1 is 1.24 bits per heavy atom. The molecule has 0 amide bonds. The Labute approximate surface area is 124 Å². The van der Waals surface area contributed by atoms with Gasteiger partial charge in [0.1, 0.15) is 12.4 Å². The average Bonchev–Trinajstić information content (AvgIpc) is 3.01. The Kier molecular flexibility index (Phi) is 3.68. The van der Waals surface area contributed by atoms with Gasteiger partial charge in [0.05, 0.1) is 17.6 Å². The van der Waals surface area contributed by atoms with Crippen LogP contribution in [0.25, 0.3) is 11.0 Å². The first-order valence-corrected chi connectivity index (χ1v) is 7.45. The molecule has 3 rings (SSSR count). The standard InChI is InChI=1S/C16H21N3O2/c1-11-7-13-14(8-12(11)2)19(10-16(20)21)15(17-13)9-18-5-3-4-6-18/h7-8H,3-6,9-10H2,1-2H3,(H,20,21). The number of aliphatic carboxylic acids is 1. The van der Waals surface area contributed by atoms with E-state index in [1.165, 1.54) is 24.0 Å². The first-order chi connectivity index (χ1) is 10.0. The summed E-state index contributed by atoms with van der Waals surface area (Å²) in [6.07, 6.45) is 2.44. The third-order valence-electron chi connectivity index (χ3n) is 4.30. The molecule has 0 saturated carbocycles. The highest BCUT2D eigenvalue weighted by atomic mass is 16.4. The number of aromatic nitrogens is 2. The number of hydrogen-bond donors (Lipinski definition) is 1. The Bertz CT molecular complexity index is 684. The minimum atomic E-state index is -0.824. The first-order valence-electron chi connectivity index (χ1n) is 7.45. The van der Waals surface area contributed by atoms with Gasteiger partial charge in [-0.15, -0.1) is 0 Å². The van der Waals surface area contributed by atoms with Gasteiger partial charge in [-0.3, -0.25) is 9.69 Å². The normalized spacial score (nSPS) is 15.9. The van der Waals surface area contributed by atoms with E-state index in [0.717, 1.165) is 36.5 Å². The molecule has 1 N–H and O–H groups in total. The summed E-state index contributed by atoms with van der Waals surface area (Å²) in [5.74, 6) is 0.0366. The van der Waals surface area contributed by atoms with E-state index in [1.807, 2.05) is 17.6 Å². The van der Waals surface area contributed by atoms with Crippen LogP contribution in [0, 0.1) is 13.8 Å². The Balaban J connectivity index is 2.05. The monoisotopic (exact) mass is 287 g/mol. The Morgan fingerprint density at radius 3 is 2.57 bits per heavy atom. The van der Waals surface area contributed by atoms with Crippen molar-refractivity contribution in [2.75, 3.05) is 13.1 Å². The van der Waals surface area contributed by atoms with E-state index in [1.54, 1.807) is 0 Å². The molecule has 0 atom stereocenters. The number of rotatable bonds is 4. The summed E-state index contributed by atoms with van der Waals surface area (Å²) in [6, 6.07) is 4.10. The minimum Gasteiger partial charge on any atom is -0.480 e. The van der Waals surface area contributed by atoms with Crippen LogP contribution in [0.3, 0.4) is 0 Å². The maximum atomic E-state index is 11.2. The van der Waals surface area contributed by atoms with Crippen LogP contribution in [0.1, 0.15) is 29.8 Å². The fourth-order valence-corrected chi connectivity index (χ4v) is 3.00. The number of benzene rings is 1. The molecule has 2 aromatic rings. The zero-order valence-electron chi connectivity index (χ0n) is 12.6. The van der Waals surface area contributed by atoms with Crippen LogP contribution in [0.2, 0.25) is 0 Å². The molecular weight excluding hydrogens is 266 g/mol. The SMILES string of the molecule is Cc1cc2nc(CN3CCCC3)n(CC(=O)O)c2cc1C. The van der Waals surface area contributed by atoms with Crippen LogP contribution in [-0.2, 0) is 17.9 Å². The van der Waals surface area contributed by atoms with Crippen molar-refractivity contribution < 1.29 is 9.90 Å². The molecule has 5 heteroatoms. The Hall–Kier alpha value is -1.88. The number of carbonyl (C=O) groups is 1. The smallest absolute Gasteiger partial charge is 0.323 e. The predicted molar refractivity (Wildman–Crippen MR) is 81.4 cm³/mol. The van der Waals surface area contributed by atoms with Crippen molar-refractivity contribution in [3.05, 3.63) is 29.1 Å². The van der Waals surface area contributed by atoms with Gasteiger partial charge in [-0.1, -0.05) is 0 Å². The fourth-order valence-electron chi connectivity index (χ4n) is 3.00. The molecular formula is C16H21N3O2. The number of hydrogen-bond acceptors (Lipinski definition) is 3. The van der Waals surface area contributed by atoms with Gasteiger partial charge in [0.25, 0.3) is 0 Å². The molecule has 0 radical (unpaired) electrons. The van der Waals surface area contributed by atoms with Crippen LogP contribution >= 0.6 is 0 Å². The zero-order chi connectivity index (χ0) is 15.0. The predicted octanol–water partition coefficient (Wildman–Crippen LogP) is 2.33. The second-order valence-corrected chi connectivity index (χ2v) is 5.92. The van der Waals surface area contributed by atoms with Gasteiger partial charge < -0.3 is 9.67 Å². The lowest BCUT2D eigenvalue weighted by Crippen LogP contribution is -2.22. The van der Waals surface area contributed by atoms with Crippen molar-refractivity contribution in [1.29, 1.82) is 0 Å². The average molecular weight is 287 g/mol. The number of carboxylic acids is 1. The maximum Gasteiger partial charge on any atom is 0.323 e. The number of carboxylic acid groups (broad SMARTS) is 1. The van der Waals surface area contributed by atoms with Gasteiger partial charge in [-0.25, -0.2) is 4.98 Å². The van der Waals surface area contributed by atoms with E-state index < -0.39 is 5.97 Å². The molecule has 1 aromatic carbocycles. The molecule has 1 aliphatic heterocycles. The molecule has 0 bridgehead atoms. The van der Waals surface area contributed by atoms with E-state index in [0.29, 0.717) is 0 Å². The highest BCUT2D eigenvalue weighted by molar-refractivity contribution is 5.80. The second-order valence-electron chi connectivity index (χ2n) is 5.92. The zero-order valence-corrected chi connectivity index (χ0v) is 12.6. The molecule has 1 saturated heterocycles. The van der Waals surface area contributed by atoms with E-state index in [9.17, 15) is 9.90 Å². The van der Waals surface area contributed by atoms with Crippen molar-refractivity contribution in [1.82, 2.24) is 14.5 Å². The molecule has 0 aliphatic carbocycles. The molecule has 112 valence electrons. The van der Waals surface area contributed by atoms with Gasteiger partial charge >= 0.3 is 5.97 Å². The largest absolute Gasteiger partial charge is 0.480 e. The molecule has 5 nitrogen and oxygen atoms in total. The highest BCUT2D eigenvalue weighted by Gasteiger charge is 2.18. The van der Waals surface area contributed by atoms with Gasteiger partial charge in [0.2, 0.25) is 0 Å². The molecule has 1 aliphatic rings. The third-order valence-corrected chi connectivity index (χ3v) is 4.30. The van der Waals surface area contributed by atoms with Gasteiger partial charge in [0.15, 0.2) is 0 Å². The van der Waals surface area contributed by atoms with Gasteiger partial charge in [0, 0.05) is 0 Å². The van der Waals surface area contributed by atoms with Gasteiger partial charge in [-0.05, 0) is 63.0 Å². The quantitative estimate of drug-likeness (QED) is 0.937. The summed E-state index contributed by atoms with van der Waals surface area (Å²) < 4.78 is 1.85. The third kappa shape index (κ3) is 2.78. The first kappa shape index (κ1) is 14.1. The van der Waals surface area contributed by atoms with E-state index in [2.05, 4.69) is 22.9 Å². The van der Waals surface area contributed by atoms with Crippen molar-refractivity contribution >= 4 is 17.0 Å². The highest BCUT2D eigenvalue weighted by Crippen LogP contribution is 2.22. The van der Waals surface area contributed by atoms with Crippen LogP contribution in [0.4, 0.5) is 0 Å². The van der Waals surface area contributed by atoms with Crippen LogP contribution in [0.15, 0.2) is 12.1 Å². The summed E-state index contributed by atoms with van der Waals surface area (Å²) in [5, 5.41) is 9.19. The molecule has 0 spiro atoms. The number of aryl methyl sites for hydroxylation is 2. The van der Waals surface area contributed by atoms with E-state index in [-0.39, 0.29) is 6.54 Å². The van der Waals surface area contributed by atoms with Crippen LogP contribution < -0.4 is 0 Å². The molecule has 2 heterocycles. The van der Waals surface area contributed by atoms with Gasteiger partial charge in [-0.2, -0.15) is 0 Å². The number of likely N-dealkylation sites (tertiary alicyclic amines) is 1. The summed E-state index contributed by atoms with van der Waals surface area (Å²) in [5.41, 5.74) is 4.18.